The largest absolute Gasteiger partial charge is 0.416 e. The van der Waals surface area contributed by atoms with Gasteiger partial charge in [0.05, 0.1) is 10.5 Å². The highest BCUT2D eigenvalue weighted by Crippen LogP contribution is 2.32. The topological polar surface area (TPSA) is 80.3 Å². The van der Waals surface area contributed by atoms with E-state index in [2.05, 4.69) is 4.72 Å². The molecule has 0 unspecified atom stereocenters. The Morgan fingerprint density at radius 1 is 0.742 bits per heavy atom. The summed E-state index contributed by atoms with van der Waals surface area (Å²) in [6, 6.07) is 14.3. The third-order valence-corrected chi connectivity index (χ3v) is 6.38. The molecule has 0 atom stereocenters. The zero-order valence-corrected chi connectivity index (χ0v) is 16.5. The number of benzene rings is 3. The second-order valence-corrected chi connectivity index (χ2v) is 8.66. The van der Waals surface area contributed by atoms with E-state index in [9.17, 15) is 31.2 Å². The zero-order valence-electron chi connectivity index (χ0n) is 15.7. The van der Waals surface area contributed by atoms with Gasteiger partial charge in [0.2, 0.25) is 10.0 Å². The molecule has 9 heteroatoms. The molecular weight excluding hydrogens is 431 g/mol. The van der Waals surface area contributed by atoms with Crippen molar-refractivity contribution in [1.82, 2.24) is 4.72 Å². The lowest BCUT2D eigenvalue weighted by Gasteiger charge is -2.18. The molecule has 31 heavy (non-hydrogen) atoms. The zero-order chi connectivity index (χ0) is 22.4. The van der Waals surface area contributed by atoms with Crippen LogP contribution in [0, 0.1) is 0 Å². The molecule has 3 aromatic rings. The van der Waals surface area contributed by atoms with Gasteiger partial charge in [0.25, 0.3) is 0 Å². The molecular formula is C22H14F3NO4S. The highest BCUT2D eigenvalue weighted by molar-refractivity contribution is 7.89. The van der Waals surface area contributed by atoms with Crippen molar-refractivity contribution < 1.29 is 31.2 Å². The Hall–Kier alpha value is -3.30. The lowest BCUT2D eigenvalue weighted by Crippen LogP contribution is -2.26. The Morgan fingerprint density at radius 2 is 1.29 bits per heavy atom. The van der Waals surface area contributed by atoms with E-state index in [-0.39, 0.29) is 32.7 Å². The molecule has 0 radical (unpaired) electrons. The van der Waals surface area contributed by atoms with Crippen LogP contribution in [0.1, 0.15) is 43.0 Å². The van der Waals surface area contributed by atoms with E-state index in [1.54, 1.807) is 12.1 Å². The number of carbonyl (C=O) groups is 2. The third kappa shape index (κ3) is 3.77. The normalized spacial score (nSPS) is 13.6. The van der Waals surface area contributed by atoms with E-state index < -0.39 is 39.9 Å². The molecule has 0 heterocycles. The van der Waals surface area contributed by atoms with Gasteiger partial charge in [-0.05, 0) is 29.8 Å². The predicted octanol–water partition coefficient (Wildman–Crippen LogP) is 3.96. The molecule has 4 rings (SSSR count). The molecule has 1 N–H and O–H groups in total. The van der Waals surface area contributed by atoms with Crippen LogP contribution in [0.15, 0.2) is 71.6 Å². The molecule has 1 aliphatic carbocycles. The minimum absolute atomic E-state index is 0.0673. The Kier molecular flexibility index (Phi) is 5.03. The number of hydrogen-bond donors (Lipinski definition) is 1. The fourth-order valence-electron chi connectivity index (χ4n) is 3.45. The second-order valence-electron chi connectivity index (χ2n) is 6.89. The Labute approximate surface area is 175 Å². The van der Waals surface area contributed by atoms with Crippen LogP contribution in [0.5, 0.6) is 0 Å². The fourth-order valence-corrected chi connectivity index (χ4v) is 4.49. The highest BCUT2D eigenvalue weighted by Gasteiger charge is 2.34. The van der Waals surface area contributed by atoms with Crippen LogP contribution in [0.2, 0.25) is 0 Å². The molecule has 0 amide bonds. The first-order valence-corrected chi connectivity index (χ1v) is 10.5. The van der Waals surface area contributed by atoms with Gasteiger partial charge in [-0.15, -0.1) is 0 Å². The number of hydrogen-bond acceptors (Lipinski definition) is 4. The molecule has 158 valence electrons. The first-order chi connectivity index (χ1) is 14.6. The number of alkyl halides is 3. The molecule has 0 spiro atoms. The summed E-state index contributed by atoms with van der Waals surface area (Å²) in [6.45, 7) is -0.592. The number of rotatable bonds is 4. The summed E-state index contributed by atoms with van der Waals surface area (Å²) in [5.41, 5.74) is -0.774. The van der Waals surface area contributed by atoms with Crippen LogP contribution in [-0.4, -0.2) is 20.0 Å². The minimum atomic E-state index is -4.63. The summed E-state index contributed by atoms with van der Waals surface area (Å²) in [7, 11) is -4.25. The standard InChI is InChI=1S/C22H14F3NO4S/c23-22(24,25)19-8-4-1-5-13(19)12-26-31(29,30)14-9-10-17-18(11-14)21(28)16-7-3-2-6-15(16)20(17)27/h1-11,26H,12H2. The smallest absolute Gasteiger partial charge is 0.289 e. The van der Waals surface area contributed by atoms with Crippen LogP contribution >= 0.6 is 0 Å². The molecule has 0 saturated carbocycles. The van der Waals surface area contributed by atoms with Gasteiger partial charge in [0.1, 0.15) is 0 Å². The molecule has 0 aromatic heterocycles. The van der Waals surface area contributed by atoms with Crippen LogP contribution < -0.4 is 4.72 Å². The Bertz CT molecular complexity index is 1330. The van der Waals surface area contributed by atoms with Gasteiger partial charge >= 0.3 is 6.18 Å². The number of sulfonamides is 1. The van der Waals surface area contributed by atoms with Crippen LogP contribution in [-0.2, 0) is 22.7 Å². The first kappa shape index (κ1) is 21.0. The molecule has 1 aliphatic rings. The van der Waals surface area contributed by atoms with Crippen molar-refractivity contribution in [1.29, 1.82) is 0 Å². The van der Waals surface area contributed by atoms with E-state index >= 15 is 0 Å². The van der Waals surface area contributed by atoms with Gasteiger partial charge in [-0.2, -0.15) is 13.2 Å². The quantitative estimate of drug-likeness (QED) is 0.516. The third-order valence-electron chi connectivity index (χ3n) is 4.98. The van der Waals surface area contributed by atoms with Crippen molar-refractivity contribution in [2.45, 2.75) is 17.6 Å². The van der Waals surface area contributed by atoms with Gasteiger partial charge in [0, 0.05) is 28.8 Å². The van der Waals surface area contributed by atoms with Gasteiger partial charge in [-0.3, -0.25) is 9.59 Å². The Balaban J connectivity index is 1.66. The summed E-state index contributed by atoms with van der Waals surface area (Å²) in [6.07, 6.45) is -4.63. The average molecular weight is 445 g/mol. The molecule has 3 aromatic carbocycles. The fraction of sp³-hybridized carbons (Fsp3) is 0.0909. The molecule has 0 saturated heterocycles. The first-order valence-electron chi connectivity index (χ1n) is 9.07. The molecule has 0 bridgehead atoms. The maximum Gasteiger partial charge on any atom is 0.416 e. The maximum absolute atomic E-state index is 13.1. The Morgan fingerprint density at radius 3 is 1.94 bits per heavy atom. The van der Waals surface area contributed by atoms with Gasteiger partial charge < -0.3 is 0 Å². The highest BCUT2D eigenvalue weighted by atomic mass is 32.2. The summed E-state index contributed by atoms with van der Waals surface area (Å²) in [5, 5.41) is 0. The van der Waals surface area contributed by atoms with Crippen molar-refractivity contribution in [2.24, 2.45) is 0 Å². The van der Waals surface area contributed by atoms with Crippen molar-refractivity contribution in [3.8, 4) is 0 Å². The van der Waals surface area contributed by atoms with E-state index in [1.807, 2.05) is 0 Å². The lowest BCUT2D eigenvalue weighted by atomic mass is 9.84. The maximum atomic E-state index is 13.1. The SMILES string of the molecule is O=C1c2ccccc2C(=O)c2cc(S(=O)(=O)NCc3ccccc3C(F)(F)F)ccc21. The van der Waals surface area contributed by atoms with Crippen molar-refractivity contribution in [3.63, 3.8) is 0 Å². The van der Waals surface area contributed by atoms with Gasteiger partial charge in [-0.1, -0.05) is 42.5 Å². The summed E-state index contributed by atoms with van der Waals surface area (Å²) >= 11 is 0. The number of halogens is 3. The molecule has 0 aliphatic heterocycles. The lowest BCUT2D eigenvalue weighted by molar-refractivity contribution is -0.138. The number of nitrogens with one attached hydrogen (secondary N) is 1. The van der Waals surface area contributed by atoms with Crippen LogP contribution in [0.4, 0.5) is 13.2 Å². The van der Waals surface area contributed by atoms with Crippen LogP contribution in [0.25, 0.3) is 0 Å². The van der Waals surface area contributed by atoms with Gasteiger partial charge in [0.15, 0.2) is 11.6 Å². The van der Waals surface area contributed by atoms with Crippen molar-refractivity contribution in [3.05, 3.63) is 100 Å². The second kappa shape index (κ2) is 7.44. The van der Waals surface area contributed by atoms with E-state index in [0.29, 0.717) is 0 Å². The van der Waals surface area contributed by atoms with E-state index in [0.717, 1.165) is 18.2 Å². The van der Waals surface area contributed by atoms with Gasteiger partial charge in [-0.25, -0.2) is 13.1 Å². The minimum Gasteiger partial charge on any atom is -0.289 e. The molecule has 0 fully saturated rings. The predicted molar refractivity (Wildman–Crippen MR) is 105 cm³/mol. The average Bonchev–Trinajstić information content (AvgIpc) is 2.75. The van der Waals surface area contributed by atoms with E-state index in [4.69, 9.17) is 0 Å². The van der Waals surface area contributed by atoms with E-state index in [1.165, 1.54) is 36.4 Å². The van der Waals surface area contributed by atoms with Crippen LogP contribution in [0.3, 0.4) is 0 Å². The molecule has 5 nitrogen and oxygen atoms in total. The van der Waals surface area contributed by atoms with Crippen molar-refractivity contribution in [2.75, 3.05) is 0 Å². The number of fused-ring (bicyclic) bond motifs is 2. The summed E-state index contributed by atoms with van der Waals surface area (Å²) < 4.78 is 66.9. The number of ketones is 2. The summed E-state index contributed by atoms with van der Waals surface area (Å²) in [5.74, 6) is -0.897. The summed E-state index contributed by atoms with van der Waals surface area (Å²) in [4.78, 5) is 25.1. The van der Waals surface area contributed by atoms with Crippen molar-refractivity contribution >= 4 is 21.6 Å². The monoisotopic (exact) mass is 445 g/mol. The number of carbonyl (C=O) groups excluding carboxylic acids is 2.